The molecule has 0 aliphatic heterocycles. The third-order valence-corrected chi connectivity index (χ3v) is 3.29. The standard InChI is InChI=1S/C15H14BrF2NO2/c1-2-5-20-14-8-15(13(19)7-12(14)18)21-9-3-4-10(16)11(17)6-9/h3-4,6-8H,2,5,19H2,1H3. The Kier molecular flexibility index (Phi) is 5.01. The van der Waals surface area contributed by atoms with Crippen LogP contribution in [0.2, 0.25) is 0 Å². The average Bonchev–Trinajstić information content (AvgIpc) is 2.44. The number of rotatable bonds is 5. The molecule has 21 heavy (non-hydrogen) atoms. The van der Waals surface area contributed by atoms with Crippen LogP contribution in [0.25, 0.3) is 0 Å². The predicted molar refractivity (Wildman–Crippen MR) is 80.8 cm³/mol. The third-order valence-electron chi connectivity index (χ3n) is 2.64. The lowest BCUT2D eigenvalue weighted by atomic mass is 10.2. The third kappa shape index (κ3) is 3.85. The molecule has 0 bridgehead atoms. The number of halogens is 3. The van der Waals surface area contributed by atoms with Crippen LogP contribution in [0.1, 0.15) is 13.3 Å². The number of nitrogens with two attached hydrogens (primary N) is 1. The number of ether oxygens (including phenoxy) is 2. The van der Waals surface area contributed by atoms with Crippen molar-refractivity contribution >= 4 is 21.6 Å². The Morgan fingerprint density at radius 2 is 1.86 bits per heavy atom. The van der Waals surface area contributed by atoms with Crippen molar-refractivity contribution in [3.63, 3.8) is 0 Å². The smallest absolute Gasteiger partial charge is 0.167 e. The van der Waals surface area contributed by atoms with Gasteiger partial charge in [0.05, 0.1) is 16.8 Å². The Morgan fingerprint density at radius 3 is 2.52 bits per heavy atom. The van der Waals surface area contributed by atoms with Gasteiger partial charge in [0.2, 0.25) is 0 Å². The molecule has 0 saturated carbocycles. The fraction of sp³-hybridized carbons (Fsp3) is 0.200. The van der Waals surface area contributed by atoms with Gasteiger partial charge in [-0.05, 0) is 34.5 Å². The minimum atomic E-state index is -0.560. The van der Waals surface area contributed by atoms with Crippen LogP contribution in [0.15, 0.2) is 34.8 Å². The van der Waals surface area contributed by atoms with Crippen molar-refractivity contribution in [3.8, 4) is 17.2 Å². The molecule has 6 heteroatoms. The lowest BCUT2D eigenvalue weighted by Gasteiger charge is -2.12. The Morgan fingerprint density at radius 1 is 1.10 bits per heavy atom. The van der Waals surface area contributed by atoms with Crippen molar-refractivity contribution in [3.05, 3.63) is 46.4 Å². The number of benzene rings is 2. The predicted octanol–water partition coefficient (Wildman–Crippen LogP) is 4.89. The lowest BCUT2D eigenvalue weighted by Crippen LogP contribution is -2.00. The maximum absolute atomic E-state index is 13.7. The fourth-order valence-electron chi connectivity index (χ4n) is 1.63. The minimum absolute atomic E-state index is 0.0543. The van der Waals surface area contributed by atoms with Crippen molar-refractivity contribution in [2.24, 2.45) is 0 Å². The van der Waals surface area contributed by atoms with Crippen molar-refractivity contribution in [1.29, 1.82) is 0 Å². The maximum Gasteiger partial charge on any atom is 0.167 e. The molecule has 2 aromatic carbocycles. The quantitative estimate of drug-likeness (QED) is 0.774. The van der Waals surface area contributed by atoms with Crippen LogP contribution in [-0.2, 0) is 0 Å². The van der Waals surface area contributed by atoms with Crippen LogP contribution in [0.3, 0.4) is 0 Å². The summed E-state index contributed by atoms with van der Waals surface area (Å²) in [5.74, 6) is -0.496. The molecule has 2 rings (SSSR count). The van der Waals surface area contributed by atoms with E-state index in [1.165, 1.54) is 18.2 Å². The van der Waals surface area contributed by atoms with Gasteiger partial charge in [0.25, 0.3) is 0 Å². The van der Waals surface area contributed by atoms with Gasteiger partial charge in [-0.15, -0.1) is 0 Å². The first kappa shape index (κ1) is 15.6. The van der Waals surface area contributed by atoms with Crippen molar-refractivity contribution in [1.82, 2.24) is 0 Å². The molecular weight excluding hydrogens is 344 g/mol. The largest absolute Gasteiger partial charge is 0.490 e. The van der Waals surface area contributed by atoms with Gasteiger partial charge in [-0.2, -0.15) is 0 Å². The highest BCUT2D eigenvalue weighted by atomic mass is 79.9. The highest BCUT2D eigenvalue weighted by Crippen LogP contribution is 2.34. The van der Waals surface area contributed by atoms with E-state index in [1.807, 2.05) is 6.92 Å². The van der Waals surface area contributed by atoms with Crippen LogP contribution in [0, 0.1) is 11.6 Å². The van der Waals surface area contributed by atoms with E-state index in [9.17, 15) is 8.78 Å². The van der Waals surface area contributed by atoms with E-state index in [4.69, 9.17) is 15.2 Å². The van der Waals surface area contributed by atoms with Crippen LogP contribution in [0.5, 0.6) is 17.2 Å². The van der Waals surface area contributed by atoms with Gasteiger partial charge in [-0.3, -0.25) is 0 Å². The van der Waals surface area contributed by atoms with Gasteiger partial charge in [-0.1, -0.05) is 6.92 Å². The topological polar surface area (TPSA) is 44.5 Å². The van der Waals surface area contributed by atoms with E-state index < -0.39 is 11.6 Å². The number of nitrogen functional groups attached to an aromatic ring is 1. The van der Waals surface area contributed by atoms with Gasteiger partial charge < -0.3 is 15.2 Å². The van der Waals surface area contributed by atoms with Gasteiger partial charge in [0.1, 0.15) is 11.6 Å². The van der Waals surface area contributed by atoms with Gasteiger partial charge >= 0.3 is 0 Å². The molecule has 2 N–H and O–H groups in total. The second-order valence-electron chi connectivity index (χ2n) is 4.35. The number of anilines is 1. The first-order valence-corrected chi connectivity index (χ1v) is 7.15. The van der Waals surface area contributed by atoms with Gasteiger partial charge in [0, 0.05) is 18.2 Å². The summed E-state index contributed by atoms with van der Waals surface area (Å²) in [6, 6.07) is 6.77. The summed E-state index contributed by atoms with van der Waals surface area (Å²) in [7, 11) is 0. The molecule has 0 aliphatic rings. The van der Waals surface area contributed by atoms with E-state index in [0.29, 0.717) is 11.1 Å². The van der Waals surface area contributed by atoms with Crippen molar-refractivity contribution in [2.45, 2.75) is 13.3 Å². The summed E-state index contributed by atoms with van der Waals surface area (Å²) in [6.07, 6.45) is 0.748. The molecule has 0 spiro atoms. The van der Waals surface area contributed by atoms with Crippen LogP contribution in [0.4, 0.5) is 14.5 Å². The molecule has 0 aromatic heterocycles. The fourth-order valence-corrected chi connectivity index (χ4v) is 1.88. The number of hydrogen-bond acceptors (Lipinski definition) is 3. The Labute approximate surface area is 129 Å². The summed E-state index contributed by atoms with van der Waals surface area (Å²) in [6.45, 7) is 2.30. The Bertz CT molecular complexity index is 650. The van der Waals surface area contributed by atoms with Crippen molar-refractivity contribution < 1.29 is 18.3 Å². The molecule has 0 heterocycles. The van der Waals surface area contributed by atoms with Gasteiger partial charge in [-0.25, -0.2) is 8.78 Å². The molecule has 0 unspecified atom stereocenters. The zero-order chi connectivity index (χ0) is 15.4. The highest BCUT2D eigenvalue weighted by molar-refractivity contribution is 9.10. The molecule has 0 atom stereocenters. The summed E-state index contributed by atoms with van der Waals surface area (Å²) < 4.78 is 38.2. The zero-order valence-electron chi connectivity index (χ0n) is 11.3. The summed E-state index contributed by atoms with van der Waals surface area (Å²) >= 11 is 3.05. The van der Waals surface area contributed by atoms with Crippen LogP contribution in [-0.4, -0.2) is 6.61 Å². The molecule has 3 nitrogen and oxygen atoms in total. The second-order valence-corrected chi connectivity index (χ2v) is 5.20. The Hall–Kier alpha value is -1.82. The van der Waals surface area contributed by atoms with E-state index in [-0.39, 0.29) is 22.9 Å². The monoisotopic (exact) mass is 357 g/mol. The normalized spacial score (nSPS) is 10.5. The molecule has 112 valence electrons. The first-order valence-electron chi connectivity index (χ1n) is 6.36. The average molecular weight is 358 g/mol. The molecule has 0 amide bonds. The molecular formula is C15H14BrF2NO2. The molecule has 0 aliphatic carbocycles. The zero-order valence-corrected chi connectivity index (χ0v) is 12.9. The number of hydrogen-bond donors (Lipinski definition) is 1. The van der Waals surface area contributed by atoms with E-state index in [0.717, 1.165) is 12.5 Å². The lowest BCUT2D eigenvalue weighted by molar-refractivity contribution is 0.299. The van der Waals surface area contributed by atoms with E-state index in [2.05, 4.69) is 15.9 Å². The maximum atomic E-state index is 13.7. The summed E-state index contributed by atoms with van der Waals surface area (Å²) in [5.41, 5.74) is 5.82. The van der Waals surface area contributed by atoms with E-state index >= 15 is 0 Å². The van der Waals surface area contributed by atoms with Crippen LogP contribution >= 0.6 is 15.9 Å². The highest BCUT2D eigenvalue weighted by Gasteiger charge is 2.12. The summed E-state index contributed by atoms with van der Waals surface area (Å²) in [5, 5.41) is 0. The minimum Gasteiger partial charge on any atom is -0.490 e. The second kappa shape index (κ2) is 6.76. The Balaban J connectivity index is 2.28. The molecule has 2 aromatic rings. The SMILES string of the molecule is CCCOc1cc(Oc2ccc(Br)c(F)c2)c(N)cc1F. The molecule has 0 fully saturated rings. The van der Waals surface area contributed by atoms with Crippen LogP contribution < -0.4 is 15.2 Å². The molecule has 0 radical (unpaired) electrons. The van der Waals surface area contributed by atoms with Crippen molar-refractivity contribution in [2.75, 3.05) is 12.3 Å². The molecule has 0 saturated heterocycles. The summed E-state index contributed by atoms with van der Waals surface area (Å²) in [4.78, 5) is 0. The van der Waals surface area contributed by atoms with Gasteiger partial charge in [0.15, 0.2) is 17.3 Å². The first-order chi connectivity index (χ1) is 10.0. The van der Waals surface area contributed by atoms with E-state index in [1.54, 1.807) is 6.07 Å².